The summed E-state index contributed by atoms with van der Waals surface area (Å²) in [5, 5.41) is 22.5. The fourth-order valence-corrected chi connectivity index (χ4v) is 4.26. The van der Waals surface area contributed by atoms with E-state index in [-0.39, 0.29) is 12.3 Å². The molecule has 1 atom stereocenters. The molecule has 0 fully saturated rings. The Morgan fingerprint density at radius 1 is 1.03 bits per heavy atom. The maximum absolute atomic E-state index is 12.8. The Kier molecular flexibility index (Phi) is 8.89. The first-order valence-corrected chi connectivity index (χ1v) is 12.2. The van der Waals surface area contributed by atoms with Crippen LogP contribution in [0.1, 0.15) is 38.0 Å². The van der Waals surface area contributed by atoms with Crippen LogP contribution in [-0.4, -0.2) is 34.8 Å². The second kappa shape index (κ2) is 11.6. The van der Waals surface area contributed by atoms with Crippen molar-refractivity contribution in [3.63, 3.8) is 0 Å². The van der Waals surface area contributed by atoms with E-state index >= 15 is 0 Å². The minimum Gasteiger partial charge on any atom is -0.444 e. The zero-order valence-corrected chi connectivity index (χ0v) is 21.1. The number of amides is 1. The molecule has 0 aliphatic carbocycles. The van der Waals surface area contributed by atoms with Crippen molar-refractivity contribution in [3.8, 4) is 5.75 Å². The van der Waals surface area contributed by atoms with E-state index < -0.39 is 17.8 Å². The summed E-state index contributed by atoms with van der Waals surface area (Å²) >= 11 is 7.64. The third-order valence-electron chi connectivity index (χ3n) is 4.93. The van der Waals surface area contributed by atoms with Gasteiger partial charge >= 0.3 is 6.09 Å². The Labute approximate surface area is 210 Å². The molecule has 34 heavy (non-hydrogen) atoms. The van der Waals surface area contributed by atoms with E-state index in [2.05, 4.69) is 0 Å². The first-order valence-electron chi connectivity index (χ1n) is 11.0. The zero-order chi connectivity index (χ0) is 24.7. The minimum absolute atomic E-state index is 0.00489. The molecule has 0 spiro atoms. The fourth-order valence-electron chi connectivity index (χ4n) is 3.24. The van der Waals surface area contributed by atoms with Crippen LogP contribution in [0.25, 0.3) is 0 Å². The summed E-state index contributed by atoms with van der Waals surface area (Å²) in [6.45, 7) is 5.94. The summed E-state index contributed by atoms with van der Waals surface area (Å²) in [6.07, 6.45) is -0.745. The smallest absolute Gasteiger partial charge is 0.410 e. The lowest BCUT2D eigenvalue weighted by atomic mass is 10.1. The van der Waals surface area contributed by atoms with Gasteiger partial charge in [0.2, 0.25) is 0 Å². The number of rotatable bonds is 8. The number of nitrogens with zero attached hydrogens (tertiary/aromatic N) is 1. The van der Waals surface area contributed by atoms with Crippen LogP contribution >= 0.6 is 23.4 Å². The van der Waals surface area contributed by atoms with Crippen LogP contribution in [-0.2, 0) is 16.3 Å². The normalized spacial score (nSPS) is 12.3. The molecule has 1 radical (unpaired) electrons. The van der Waals surface area contributed by atoms with Crippen molar-refractivity contribution >= 4 is 29.5 Å². The predicted molar refractivity (Wildman–Crippen MR) is 135 cm³/mol. The van der Waals surface area contributed by atoms with Gasteiger partial charge in [0.15, 0.2) is 5.75 Å². The van der Waals surface area contributed by atoms with Gasteiger partial charge in [0, 0.05) is 21.4 Å². The fraction of sp³-hybridized carbons (Fsp3) is 0.296. The van der Waals surface area contributed by atoms with Gasteiger partial charge in [0.1, 0.15) is 5.60 Å². The van der Waals surface area contributed by atoms with Gasteiger partial charge in [0.05, 0.1) is 12.6 Å². The molecule has 0 saturated carbocycles. The van der Waals surface area contributed by atoms with Gasteiger partial charge in [-0.15, -0.1) is 0 Å². The third kappa shape index (κ3) is 8.28. The molecule has 0 saturated heterocycles. The molecule has 1 N–H and O–H groups in total. The largest absolute Gasteiger partial charge is 0.444 e. The van der Waals surface area contributed by atoms with E-state index in [1.165, 1.54) is 4.90 Å². The van der Waals surface area contributed by atoms with Gasteiger partial charge in [0.25, 0.3) is 0 Å². The number of halogens is 1. The molecule has 0 bridgehead atoms. The van der Waals surface area contributed by atoms with E-state index in [9.17, 15) is 15.0 Å². The molecule has 0 aliphatic rings. The summed E-state index contributed by atoms with van der Waals surface area (Å²) in [5.41, 5.74) is 1.07. The molecule has 0 aromatic heterocycles. The van der Waals surface area contributed by atoms with E-state index in [0.29, 0.717) is 23.6 Å². The molecular weight excluding hydrogens is 470 g/mol. The third-order valence-corrected chi connectivity index (χ3v) is 6.18. The maximum Gasteiger partial charge on any atom is 0.410 e. The highest BCUT2D eigenvalue weighted by Gasteiger charge is 2.24. The van der Waals surface area contributed by atoms with Crippen LogP contribution in [0.2, 0.25) is 5.02 Å². The Morgan fingerprint density at radius 2 is 1.65 bits per heavy atom. The highest BCUT2D eigenvalue weighted by molar-refractivity contribution is 7.99. The van der Waals surface area contributed by atoms with E-state index in [0.717, 1.165) is 15.4 Å². The van der Waals surface area contributed by atoms with Gasteiger partial charge in [-0.05, 0) is 86.8 Å². The molecular formula is C27H29ClNO4S. The monoisotopic (exact) mass is 498 g/mol. The van der Waals surface area contributed by atoms with Crippen molar-refractivity contribution < 1.29 is 19.7 Å². The van der Waals surface area contributed by atoms with E-state index in [1.807, 2.05) is 57.2 Å². The lowest BCUT2D eigenvalue weighted by Crippen LogP contribution is -2.40. The van der Waals surface area contributed by atoms with Gasteiger partial charge < -0.3 is 14.7 Å². The van der Waals surface area contributed by atoms with Gasteiger partial charge in [-0.25, -0.2) is 4.79 Å². The molecule has 0 heterocycles. The summed E-state index contributed by atoms with van der Waals surface area (Å²) < 4.78 is 5.57. The second-order valence-electron chi connectivity index (χ2n) is 8.96. The molecule has 3 rings (SSSR count). The van der Waals surface area contributed by atoms with Gasteiger partial charge in [-0.2, -0.15) is 0 Å². The number of aliphatic hydroxyl groups is 1. The number of benzene rings is 3. The molecule has 7 heteroatoms. The van der Waals surface area contributed by atoms with Crippen molar-refractivity contribution in [2.45, 2.75) is 48.7 Å². The van der Waals surface area contributed by atoms with Crippen LogP contribution in [0.5, 0.6) is 5.75 Å². The number of hydrogen-bond donors (Lipinski definition) is 1. The summed E-state index contributed by atoms with van der Waals surface area (Å²) in [7, 11) is 0. The maximum atomic E-state index is 12.8. The molecule has 0 aliphatic heterocycles. The highest BCUT2D eigenvalue weighted by Crippen LogP contribution is 2.29. The number of ether oxygens (including phenoxy) is 1. The zero-order valence-electron chi connectivity index (χ0n) is 19.5. The highest BCUT2D eigenvalue weighted by atomic mass is 35.5. The topological polar surface area (TPSA) is 69.7 Å². The molecule has 0 unspecified atom stereocenters. The summed E-state index contributed by atoms with van der Waals surface area (Å²) in [5.74, 6) is -0.00489. The quantitative estimate of drug-likeness (QED) is 0.358. The van der Waals surface area contributed by atoms with Crippen molar-refractivity contribution in [1.82, 2.24) is 4.90 Å². The SMILES string of the molecule is CC(C)(C)OC(=O)N(CCc1ccc(Sc2ccc([O])cc2)cc1)C[C@H](O)c1cccc(Cl)c1. The number of carbonyl (C=O) groups excluding carboxylic acids is 1. The lowest BCUT2D eigenvalue weighted by Gasteiger charge is -2.29. The minimum atomic E-state index is -0.884. The Hall–Kier alpha value is -2.67. The van der Waals surface area contributed by atoms with Crippen LogP contribution in [0.4, 0.5) is 4.79 Å². The first kappa shape index (κ1) is 25.9. The van der Waals surface area contributed by atoms with Crippen LogP contribution < -0.4 is 0 Å². The van der Waals surface area contributed by atoms with E-state index in [1.54, 1.807) is 48.2 Å². The van der Waals surface area contributed by atoms with E-state index in [4.69, 9.17) is 16.3 Å². The van der Waals surface area contributed by atoms with Gasteiger partial charge in [-0.3, -0.25) is 5.11 Å². The molecule has 179 valence electrons. The van der Waals surface area contributed by atoms with Crippen LogP contribution in [0, 0.1) is 0 Å². The molecule has 3 aromatic carbocycles. The average molecular weight is 499 g/mol. The van der Waals surface area contributed by atoms with Crippen molar-refractivity contribution in [2.24, 2.45) is 0 Å². The van der Waals surface area contributed by atoms with Crippen LogP contribution in [0.15, 0.2) is 82.6 Å². The average Bonchev–Trinajstić information content (AvgIpc) is 2.78. The number of hydrogen-bond acceptors (Lipinski definition) is 4. The standard InChI is InChI=1S/C27H29ClNO4S/c1-27(2,3)33-26(32)29(18-25(31)20-5-4-6-21(28)17-20)16-15-19-7-11-23(12-8-19)34-24-13-9-22(30)10-14-24/h4-14,17,25,31H,15-16,18H2,1-3H3/t25-/m0/s1. The van der Waals surface area contributed by atoms with Crippen molar-refractivity contribution in [2.75, 3.05) is 13.1 Å². The van der Waals surface area contributed by atoms with Gasteiger partial charge in [-0.1, -0.05) is 47.6 Å². The predicted octanol–water partition coefficient (Wildman–Crippen LogP) is 7.15. The Bertz CT molecular complexity index is 1080. The van der Waals surface area contributed by atoms with Crippen molar-refractivity contribution in [1.29, 1.82) is 0 Å². The lowest BCUT2D eigenvalue weighted by molar-refractivity contribution is 0.0147. The first-order chi connectivity index (χ1) is 16.1. The molecule has 1 amide bonds. The number of carbonyl (C=O) groups is 1. The summed E-state index contributed by atoms with van der Waals surface area (Å²) in [6, 6.07) is 21.8. The second-order valence-corrected chi connectivity index (χ2v) is 10.5. The number of aliphatic hydroxyl groups excluding tert-OH is 1. The molecule has 3 aromatic rings. The van der Waals surface area contributed by atoms with Crippen molar-refractivity contribution in [3.05, 3.63) is 88.9 Å². The summed E-state index contributed by atoms with van der Waals surface area (Å²) in [4.78, 5) is 16.4. The molecule has 5 nitrogen and oxygen atoms in total. The van der Waals surface area contributed by atoms with Crippen LogP contribution in [0.3, 0.4) is 0 Å². The Balaban J connectivity index is 1.65. The Morgan fingerprint density at radius 3 is 2.24 bits per heavy atom.